The van der Waals surface area contributed by atoms with Crippen LogP contribution in [0.15, 0.2) is 41.6 Å². The third kappa shape index (κ3) is 3.82. The minimum Gasteiger partial charge on any atom is -0.368 e. The second kappa shape index (κ2) is 7.79. The molecule has 1 aliphatic rings. The second-order valence-corrected chi connectivity index (χ2v) is 8.36. The number of hydrogen-bond donors (Lipinski definition) is 0. The van der Waals surface area contributed by atoms with Crippen LogP contribution in [0.3, 0.4) is 0 Å². The molecule has 0 saturated carbocycles. The van der Waals surface area contributed by atoms with E-state index in [0.29, 0.717) is 10.9 Å². The Morgan fingerprint density at radius 3 is 2.50 bits per heavy atom. The second-order valence-electron chi connectivity index (χ2n) is 7.05. The van der Waals surface area contributed by atoms with E-state index in [2.05, 4.69) is 32.1 Å². The van der Waals surface area contributed by atoms with Crippen LogP contribution in [-0.4, -0.2) is 61.8 Å². The van der Waals surface area contributed by atoms with Gasteiger partial charge in [0.05, 0.1) is 5.25 Å². The van der Waals surface area contributed by atoms with Crippen LogP contribution in [0.4, 0.5) is 5.69 Å². The van der Waals surface area contributed by atoms with E-state index in [-0.39, 0.29) is 11.2 Å². The van der Waals surface area contributed by atoms with Crippen molar-refractivity contribution in [2.24, 2.45) is 0 Å². The maximum atomic E-state index is 12.9. The number of carbonyl (C=O) groups excluding carboxylic acids is 1. The zero-order chi connectivity index (χ0) is 19.7. The van der Waals surface area contributed by atoms with E-state index in [1.807, 2.05) is 49.9 Å². The molecule has 3 heterocycles. The average molecular weight is 397 g/mol. The van der Waals surface area contributed by atoms with Gasteiger partial charge in [0.2, 0.25) is 11.1 Å². The van der Waals surface area contributed by atoms with E-state index in [1.165, 1.54) is 17.4 Å². The van der Waals surface area contributed by atoms with Gasteiger partial charge in [-0.25, -0.2) is 9.50 Å². The van der Waals surface area contributed by atoms with Crippen molar-refractivity contribution in [3.63, 3.8) is 0 Å². The van der Waals surface area contributed by atoms with Gasteiger partial charge in [0.25, 0.3) is 5.78 Å². The van der Waals surface area contributed by atoms with Crippen LogP contribution in [0.2, 0.25) is 0 Å². The first-order chi connectivity index (χ1) is 13.5. The summed E-state index contributed by atoms with van der Waals surface area (Å²) in [5.74, 6) is 0.716. The van der Waals surface area contributed by atoms with Gasteiger partial charge in [-0.15, -0.1) is 5.10 Å². The molecular weight excluding hydrogens is 372 g/mol. The number of rotatable bonds is 4. The lowest BCUT2D eigenvalue weighted by molar-refractivity contribution is -0.130. The molecule has 0 spiro atoms. The van der Waals surface area contributed by atoms with Crippen molar-refractivity contribution in [3.8, 4) is 0 Å². The summed E-state index contributed by atoms with van der Waals surface area (Å²) in [7, 11) is 0. The standard InChI is InChI=1S/C20H24N6OS/c1-14-13-15(2)26-19(21-14)22-20(23-26)28-16(3)18(27)25-11-9-24(10-12-25)17-7-5-4-6-8-17/h4-8,13,16H,9-12H2,1-3H3/t16-/m0/s1. The molecule has 0 N–H and O–H groups in total. The molecule has 0 aliphatic carbocycles. The molecule has 1 aromatic carbocycles. The maximum Gasteiger partial charge on any atom is 0.253 e. The summed E-state index contributed by atoms with van der Waals surface area (Å²) in [6.07, 6.45) is 0. The molecule has 1 saturated heterocycles. The number of carbonyl (C=O) groups is 1. The van der Waals surface area contributed by atoms with E-state index >= 15 is 0 Å². The van der Waals surface area contributed by atoms with Gasteiger partial charge in [0.1, 0.15) is 0 Å². The highest BCUT2D eigenvalue weighted by molar-refractivity contribution is 8.00. The SMILES string of the molecule is Cc1cc(C)n2nc(S[C@@H](C)C(=O)N3CCN(c4ccccc4)CC3)nc2n1. The van der Waals surface area contributed by atoms with E-state index < -0.39 is 0 Å². The topological polar surface area (TPSA) is 66.6 Å². The predicted octanol–water partition coefficient (Wildman–Crippen LogP) is 2.57. The summed E-state index contributed by atoms with van der Waals surface area (Å²) in [4.78, 5) is 26.0. The van der Waals surface area contributed by atoms with Crippen LogP contribution < -0.4 is 4.90 Å². The first kappa shape index (κ1) is 18.7. The normalized spacial score (nSPS) is 15.8. The van der Waals surface area contributed by atoms with Crippen LogP contribution in [0.25, 0.3) is 5.78 Å². The Labute approximate surface area is 168 Å². The first-order valence-corrected chi connectivity index (χ1v) is 10.4. The highest BCUT2D eigenvalue weighted by atomic mass is 32.2. The van der Waals surface area contributed by atoms with E-state index in [9.17, 15) is 4.79 Å². The summed E-state index contributed by atoms with van der Waals surface area (Å²) in [5, 5.41) is 4.85. The fourth-order valence-electron chi connectivity index (χ4n) is 3.49. The Morgan fingerprint density at radius 1 is 1.07 bits per heavy atom. The van der Waals surface area contributed by atoms with Crippen LogP contribution in [0, 0.1) is 13.8 Å². The molecule has 1 fully saturated rings. The molecule has 146 valence electrons. The molecule has 2 aromatic heterocycles. The summed E-state index contributed by atoms with van der Waals surface area (Å²) < 4.78 is 1.73. The Morgan fingerprint density at radius 2 is 1.79 bits per heavy atom. The van der Waals surface area contributed by atoms with Gasteiger partial charge in [-0.3, -0.25) is 4.79 Å². The lowest BCUT2D eigenvalue weighted by Crippen LogP contribution is -2.50. The molecule has 0 bridgehead atoms. The lowest BCUT2D eigenvalue weighted by Gasteiger charge is -2.37. The summed E-state index contributed by atoms with van der Waals surface area (Å²) in [6, 6.07) is 12.3. The molecule has 0 radical (unpaired) electrons. The molecule has 0 unspecified atom stereocenters. The van der Waals surface area contributed by atoms with E-state index in [4.69, 9.17) is 0 Å². The fourth-order valence-corrected chi connectivity index (χ4v) is 4.32. The van der Waals surface area contributed by atoms with Crippen LogP contribution in [-0.2, 0) is 4.79 Å². The number of aryl methyl sites for hydroxylation is 2. The highest BCUT2D eigenvalue weighted by Gasteiger charge is 2.26. The molecule has 28 heavy (non-hydrogen) atoms. The number of thioether (sulfide) groups is 1. The van der Waals surface area contributed by atoms with Gasteiger partial charge in [0, 0.05) is 43.3 Å². The number of para-hydroxylation sites is 1. The van der Waals surface area contributed by atoms with Crippen molar-refractivity contribution in [1.29, 1.82) is 0 Å². The Balaban J connectivity index is 1.38. The van der Waals surface area contributed by atoms with Crippen LogP contribution in [0.1, 0.15) is 18.3 Å². The number of piperazine rings is 1. The summed E-state index contributed by atoms with van der Waals surface area (Å²) >= 11 is 1.39. The molecule has 4 rings (SSSR count). The number of hydrogen-bond acceptors (Lipinski definition) is 6. The van der Waals surface area contributed by atoms with Crippen LogP contribution >= 0.6 is 11.8 Å². The van der Waals surface area contributed by atoms with Crippen molar-refractivity contribution in [2.45, 2.75) is 31.2 Å². The zero-order valence-electron chi connectivity index (χ0n) is 16.4. The monoisotopic (exact) mass is 396 g/mol. The van der Waals surface area contributed by atoms with Gasteiger partial charge in [-0.05, 0) is 39.0 Å². The number of benzene rings is 1. The van der Waals surface area contributed by atoms with Crippen molar-refractivity contribution in [2.75, 3.05) is 31.1 Å². The number of fused-ring (bicyclic) bond motifs is 1. The number of nitrogens with zero attached hydrogens (tertiary/aromatic N) is 6. The third-order valence-electron chi connectivity index (χ3n) is 4.94. The van der Waals surface area contributed by atoms with Gasteiger partial charge in [0.15, 0.2) is 0 Å². The summed E-state index contributed by atoms with van der Waals surface area (Å²) in [5.41, 5.74) is 3.11. The number of amides is 1. The Hall–Kier alpha value is -2.61. The highest BCUT2D eigenvalue weighted by Crippen LogP contribution is 2.23. The fraction of sp³-hybridized carbons (Fsp3) is 0.400. The number of aromatic nitrogens is 4. The Kier molecular flexibility index (Phi) is 5.21. The average Bonchev–Trinajstić information content (AvgIpc) is 3.11. The van der Waals surface area contributed by atoms with Crippen molar-refractivity contribution < 1.29 is 4.79 Å². The smallest absolute Gasteiger partial charge is 0.253 e. The van der Waals surface area contributed by atoms with Gasteiger partial charge >= 0.3 is 0 Å². The third-order valence-corrected chi connectivity index (χ3v) is 5.88. The maximum absolute atomic E-state index is 12.9. The number of anilines is 1. The zero-order valence-corrected chi connectivity index (χ0v) is 17.2. The van der Waals surface area contributed by atoms with Gasteiger partial charge in [-0.2, -0.15) is 4.98 Å². The molecule has 3 aromatic rings. The molecule has 1 amide bonds. The van der Waals surface area contributed by atoms with E-state index in [1.54, 1.807) is 4.52 Å². The lowest BCUT2D eigenvalue weighted by atomic mass is 10.2. The minimum absolute atomic E-state index is 0.137. The predicted molar refractivity (Wildman–Crippen MR) is 111 cm³/mol. The molecular formula is C20H24N6OS. The minimum atomic E-state index is -0.234. The van der Waals surface area contributed by atoms with Crippen LogP contribution in [0.5, 0.6) is 0 Å². The molecule has 7 nitrogen and oxygen atoms in total. The first-order valence-electron chi connectivity index (χ1n) is 9.48. The summed E-state index contributed by atoms with van der Waals surface area (Å²) in [6.45, 7) is 9.01. The molecule has 1 aliphatic heterocycles. The Bertz CT molecular complexity index is 981. The largest absolute Gasteiger partial charge is 0.368 e. The van der Waals surface area contributed by atoms with Gasteiger partial charge in [-0.1, -0.05) is 30.0 Å². The van der Waals surface area contributed by atoms with Gasteiger partial charge < -0.3 is 9.80 Å². The quantitative estimate of drug-likeness (QED) is 0.632. The molecule has 1 atom stereocenters. The van der Waals surface area contributed by atoms with Crippen molar-refractivity contribution in [3.05, 3.63) is 47.8 Å². The van der Waals surface area contributed by atoms with E-state index in [0.717, 1.165) is 37.6 Å². The van der Waals surface area contributed by atoms with Crippen molar-refractivity contribution in [1.82, 2.24) is 24.5 Å². The molecule has 8 heteroatoms. The van der Waals surface area contributed by atoms with Crippen molar-refractivity contribution >= 4 is 29.1 Å².